The molecule has 1 aromatic rings. The van der Waals surface area contributed by atoms with Crippen LogP contribution in [0.2, 0.25) is 0 Å². The summed E-state index contributed by atoms with van der Waals surface area (Å²) in [5.74, 6) is 0.668. The van der Waals surface area contributed by atoms with Crippen molar-refractivity contribution in [1.29, 1.82) is 0 Å². The maximum Gasteiger partial charge on any atom is 0.404 e. The summed E-state index contributed by atoms with van der Waals surface area (Å²) >= 11 is 1.65. The highest BCUT2D eigenvalue weighted by atomic mass is 32.1. The Hall–Kier alpha value is -1.03. The van der Waals surface area contributed by atoms with Crippen molar-refractivity contribution in [1.82, 2.24) is 5.32 Å². The molecule has 1 aliphatic carbocycles. The zero-order chi connectivity index (χ0) is 10.7. The fourth-order valence-corrected chi connectivity index (χ4v) is 3.16. The van der Waals surface area contributed by atoms with E-state index in [9.17, 15) is 4.79 Å². The van der Waals surface area contributed by atoms with Crippen LogP contribution in [0.25, 0.3) is 0 Å². The molecule has 1 aromatic heterocycles. The molecule has 0 saturated heterocycles. The van der Waals surface area contributed by atoms with Crippen LogP contribution in [0.4, 0.5) is 4.79 Å². The maximum absolute atomic E-state index is 10.4. The first-order valence-corrected chi connectivity index (χ1v) is 6.18. The Balaban J connectivity index is 2.04. The van der Waals surface area contributed by atoms with E-state index in [2.05, 4.69) is 16.8 Å². The highest BCUT2D eigenvalue weighted by molar-refractivity contribution is 7.10. The molecule has 82 valence electrons. The zero-order valence-electron chi connectivity index (χ0n) is 8.53. The van der Waals surface area contributed by atoms with Gasteiger partial charge in [-0.05, 0) is 35.8 Å². The monoisotopic (exact) mass is 225 g/mol. The molecule has 1 heterocycles. The van der Waals surface area contributed by atoms with Crippen molar-refractivity contribution in [3.8, 4) is 0 Å². The van der Waals surface area contributed by atoms with Crippen LogP contribution in [0.5, 0.6) is 0 Å². The normalized spacial score (nSPS) is 16.8. The Morgan fingerprint density at radius 3 is 2.93 bits per heavy atom. The first kappa shape index (κ1) is 10.5. The number of rotatable bonds is 3. The number of carbonyl (C=O) groups is 1. The van der Waals surface area contributed by atoms with Crippen molar-refractivity contribution in [3.63, 3.8) is 0 Å². The molecule has 1 aliphatic rings. The molecule has 0 unspecified atom stereocenters. The van der Waals surface area contributed by atoms with Crippen molar-refractivity contribution in [2.45, 2.75) is 38.1 Å². The van der Waals surface area contributed by atoms with Gasteiger partial charge in [0, 0.05) is 4.88 Å². The third kappa shape index (κ3) is 2.50. The zero-order valence-corrected chi connectivity index (χ0v) is 9.35. The molecule has 1 fully saturated rings. The van der Waals surface area contributed by atoms with E-state index >= 15 is 0 Å². The minimum Gasteiger partial charge on any atom is -0.465 e. The van der Waals surface area contributed by atoms with E-state index in [4.69, 9.17) is 5.11 Å². The predicted octanol–water partition coefficient (Wildman–Crippen LogP) is 3.17. The Morgan fingerprint density at radius 2 is 2.27 bits per heavy atom. The second-order valence-electron chi connectivity index (χ2n) is 3.94. The van der Waals surface area contributed by atoms with Crippen molar-refractivity contribution >= 4 is 17.4 Å². The smallest absolute Gasteiger partial charge is 0.404 e. The van der Waals surface area contributed by atoms with Crippen molar-refractivity contribution in [3.05, 3.63) is 21.9 Å². The molecule has 4 heteroatoms. The number of carboxylic acid groups (broad SMARTS) is 1. The topological polar surface area (TPSA) is 49.3 Å². The highest BCUT2D eigenvalue weighted by Crippen LogP contribution is 2.37. The third-order valence-electron chi connectivity index (χ3n) is 2.98. The van der Waals surface area contributed by atoms with Crippen LogP contribution in [0, 0.1) is 0 Å². The van der Waals surface area contributed by atoms with E-state index < -0.39 is 6.09 Å². The summed E-state index contributed by atoms with van der Waals surface area (Å²) in [7, 11) is 0. The molecule has 0 bridgehead atoms. The van der Waals surface area contributed by atoms with Crippen LogP contribution >= 0.6 is 11.3 Å². The molecule has 0 radical (unpaired) electrons. The minimum absolute atomic E-state index is 0.457. The molecule has 3 nitrogen and oxygen atoms in total. The summed E-state index contributed by atoms with van der Waals surface area (Å²) in [5, 5.41) is 13.1. The van der Waals surface area contributed by atoms with E-state index in [1.807, 2.05) is 0 Å². The summed E-state index contributed by atoms with van der Waals surface area (Å²) in [4.78, 5) is 11.6. The SMILES string of the molecule is O=C(O)NCc1sccc1C1CCCC1. The number of amides is 1. The van der Waals surface area contributed by atoms with Gasteiger partial charge in [0.2, 0.25) is 0 Å². The fraction of sp³-hybridized carbons (Fsp3) is 0.545. The third-order valence-corrected chi connectivity index (χ3v) is 3.91. The Kier molecular flexibility index (Phi) is 3.26. The standard InChI is InChI=1S/C11H15NO2S/c13-11(14)12-7-10-9(5-6-15-10)8-3-1-2-4-8/h5-6,8,12H,1-4,7H2,(H,13,14). The van der Waals surface area contributed by atoms with Gasteiger partial charge in [-0.3, -0.25) is 0 Å². The lowest BCUT2D eigenvalue weighted by Crippen LogP contribution is -2.20. The molecule has 0 spiro atoms. The molecule has 1 amide bonds. The summed E-state index contributed by atoms with van der Waals surface area (Å²) in [5.41, 5.74) is 1.37. The lowest BCUT2D eigenvalue weighted by molar-refractivity contribution is 0.194. The van der Waals surface area contributed by atoms with Crippen LogP contribution in [0.3, 0.4) is 0 Å². The molecule has 2 N–H and O–H groups in total. The Labute approximate surface area is 93.1 Å². The van der Waals surface area contributed by atoms with Gasteiger partial charge in [-0.15, -0.1) is 11.3 Å². The van der Waals surface area contributed by atoms with E-state index in [0.29, 0.717) is 12.5 Å². The molecular weight excluding hydrogens is 210 g/mol. The summed E-state index contributed by atoms with van der Waals surface area (Å²) in [6.45, 7) is 0.457. The molecule has 0 aliphatic heterocycles. The van der Waals surface area contributed by atoms with Crippen molar-refractivity contribution in [2.75, 3.05) is 0 Å². The van der Waals surface area contributed by atoms with Gasteiger partial charge in [-0.1, -0.05) is 12.8 Å². The van der Waals surface area contributed by atoms with E-state index in [1.165, 1.54) is 36.1 Å². The van der Waals surface area contributed by atoms with Gasteiger partial charge >= 0.3 is 6.09 Å². The maximum atomic E-state index is 10.4. The van der Waals surface area contributed by atoms with Crippen LogP contribution in [-0.4, -0.2) is 11.2 Å². The predicted molar refractivity (Wildman–Crippen MR) is 60.4 cm³/mol. The van der Waals surface area contributed by atoms with Crippen molar-refractivity contribution < 1.29 is 9.90 Å². The Bertz CT molecular complexity index is 342. The molecule has 1 saturated carbocycles. The average molecular weight is 225 g/mol. The lowest BCUT2D eigenvalue weighted by atomic mass is 9.98. The minimum atomic E-state index is -0.944. The second kappa shape index (κ2) is 4.66. The van der Waals surface area contributed by atoms with Crippen LogP contribution < -0.4 is 5.32 Å². The van der Waals surface area contributed by atoms with Gasteiger partial charge in [-0.2, -0.15) is 0 Å². The summed E-state index contributed by atoms with van der Waals surface area (Å²) < 4.78 is 0. The van der Waals surface area contributed by atoms with Crippen LogP contribution in [0.1, 0.15) is 42.0 Å². The molecule has 15 heavy (non-hydrogen) atoms. The van der Waals surface area contributed by atoms with E-state index in [-0.39, 0.29) is 0 Å². The van der Waals surface area contributed by atoms with Gasteiger partial charge < -0.3 is 10.4 Å². The summed E-state index contributed by atoms with van der Waals surface area (Å²) in [6, 6.07) is 2.15. The number of thiophene rings is 1. The first-order chi connectivity index (χ1) is 7.27. The first-order valence-electron chi connectivity index (χ1n) is 5.30. The molecular formula is C11H15NO2S. The second-order valence-corrected chi connectivity index (χ2v) is 4.94. The van der Waals surface area contributed by atoms with E-state index in [1.54, 1.807) is 11.3 Å². The fourth-order valence-electron chi connectivity index (χ4n) is 2.25. The Morgan fingerprint density at radius 1 is 1.53 bits per heavy atom. The highest BCUT2D eigenvalue weighted by Gasteiger charge is 2.20. The summed E-state index contributed by atoms with van der Waals surface area (Å²) in [6.07, 6.45) is 4.20. The van der Waals surface area contributed by atoms with Gasteiger partial charge in [0.15, 0.2) is 0 Å². The van der Waals surface area contributed by atoms with Gasteiger partial charge in [0.25, 0.3) is 0 Å². The lowest BCUT2D eigenvalue weighted by Gasteiger charge is -2.10. The number of hydrogen-bond acceptors (Lipinski definition) is 2. The number of nitrogens with one attached hydrogen (secondary N) is 1. The van der Waals surface area contributed by atoms with Crippen LogP contribution in [0.15, 0.2) is 11.4 Å². The van der Waals surface area contributed by atoms with Crippen LogP contribution in [-0.2, 0) is 6.54 Å². The largest absolute Gasteiger partial charge is 0.465 e. The molecule has 2 rings (SSSR count). The van der Waals surface area contributed by atoms with Gasteiger partial charge in [0.1, 0.15) is 0 Å². The molecule has 0 atom stereocenters. The van der Waals surface area contributed by atoms with Gasteiger partial charge in [-0.25, -0.2) is 4.79 Å². The van der Waals surface area contributed by atoms with Gasteiger partial charge in [0.05, 0.1) is 6.54 Å². The molecule has 0 aromatic carbocycles. The number of hydrogen-bond donors (Lipinski definition) is 2. The quantitative estimate of drug-likeness (QED) is 0.830. The average Bonchev–Trinajstić information content (AvgIpc) is 2.85. The van der Waals surface area contributed by atoms with Crippen molar-refractivity contribution in [2.24, 2.45) is 0 Å². The van der Waals surface area contributed by atoms with E-state index in [0.717, 1.165) is 0 Å².